The van der Waals surface area contributed by atoms with Gasteiger partial charge in [-0.2, -0.15) is 5.10 Å². The van der Waals surface area contributed by atoms with Crippen molar-refractivity contribution in [2.75, 3.05) is 6.79 Å². The molecule has 1 fully saturated rings. The average molecular weight is 325 g/mol. The van der Waals surface area contributed by atoms with E-state index in [1.54, 1.807) is 11.0 Å². The number of ether oxygens (including phenoxy) is 2. The third-order valence-electron chi connectivity index (χ3n) is 4.33. The van der Waals surface area contributed by atoms with Crippen LogP contribution < -0.4 is 9.47 Å². The number of hydrogen-bond acceptors (Lipinski definition) is 7. The zero-order chi connectivity index (χ0) is 16.1. The first-order chi connectivity index (χ1) is 11.8. The molecule has 1 atom stereocenters. The maximum atomic E-state index is 5.48. The largest absolute Gasteiger partial charge is 0.454 e. The number of rotatable bonds is 4. The summed E-state index contributed by atoms with van der Waals surface area (Å²) in [6.07, 6.45) is 3.87. The molecule has 1 aromatic carbocycles. The van der Waals surface area contributed by atoms with Gasteiger partial charge in [0.1, 0.15) is 12.4 Å². The van der Waals surface area contributed by atoms with Crippen LogP contribution in [0.1, 0.15) is 43.4 Å². The quantitative estimate of drug-likeness (QED) is 0.717. The first-order valence-electron chi connectivity index (χ1n) is 7.89. The summed E-state index contributed by atoms with van der Waals surface area (Å²) < 4.78 is 14.4. The lowest BCUT2D eigenvalue weighted by Gasteiger charge is -2.12. The molecule has 3 aromatic rings. The van der Waals surface area contributed by atoms with Gasteiger partial charge in [0.05, 0.1) is 5.69 Å². The predicted molar refractivity (Wildman–Crippen MR) is 81.1 cm³/mol. The number of benzene rings is 1. The molecule has 1 aliphatic heterocycles. The smallest absolute Gasteiger partial charge is 0.231 e. The van der Waals surface area contributed by atoms with Crippen LogP contribution in [0.4, 0.5) is 0 Å². The Bertz CT molecular complexity index is 885. The first kappa shape index (κ1) is 13.5. The molecule has 3 heterocycles. The lowest BCUT2D eigenvalue weighted by Crippen LogP contribution is -2.14. The molecule has 122 valence electrons. The second kappa shape index (κ2) is 5.02. The summed E-state index contributed by atoms with van der Waals surface area (Å²) in [6, 6.07) is 5.63. The summed E-state index contributed by atoms with van der Waals surface area (Å²) in [5, 5.41) is 16.1. The summed E-state index contributed by atoms with van der Waals surface area (Å²) in [6.45, 7) is 2.25. The molecule has 1 aliphatic carbocycles. The maximum Gasteiger partial charge on any atom is 0.231 e. The number of aromatic nitrogens is 7. The van der Waals surface area contributed by atoms with Crippen LogP contribution in [0.15, 0.2) is 24.5 Å². The highest BCUT2D eigenvalue weighted by Gasteiger charge is 2.31. The van der Waals surface area contributed by atoms with E-state index in [1.165, 1.54) is 0 Å². The van der Waals surface area contributed by atoms with Gasteiger partial charge < -0.3 is 9.47 Å². The minimum absolute atomic E-state index is 0.134. The van der Waals surface area contributed by atoms with Crippen LogP contribution >= 0.6 is 0 Å². The molecular formula is C15H15N7O2. The second-order valence-electron chi connectivity index (χ2n) is 6.02. The van der Waals surface area contributed by atoms with Gasteiger partial charge in [-0.15, -0.1) is 5.10 Å². The third kappa shape index (κ3) is 2.12. The molecule has 0 spiro atoms. The number of fused-ring (bicyclic) bond motifs is 1. The lowest BCUT2D eigenvalue weighted by atomic mass is 10.2. The molecule has 1 saturated carbocycles. The lowest BCUT2D eigenvalue weighted by molar-refractivity contribution is 0.174. The van der Waals surface area contributed by atoms with Gasteiger partial charge in [-0.3, -0.25) is 0 Å². The van der Waals surface area contributed by atoms with Crippen LogP contribution in [-0.4, -0.2) is 41.8 Å². The number of nitrogens with zero attached hydrogens (tertiary/aromatic N) is 7. The fraction of sp³-hybridized carbons (Fsp3) is 0.400. The van der Waals surface area contributed by atoms with E-state index in [9.17, 15) is 0 Å². The zero-order valence-corrected chi connectivity index (χ0v) is 13.0. The van der Waals surface area contributed by atoms with Gasteiger partial charge >= 0.3 is 0 Å². The van der Waals surface area contributed by atoms with Crippen LogP contribution in [0.3, 0.4) is 0 Å². The predicted octanol–water partition coefficient (Wildman–Crippen LogP) is 1.47. The van der Waals surface area contributed by atoms with Crippen molar-refractivity contribution in [3.8, 4) is 17.2 Å². The Hall–Kier alpha value is -2.97. The SMILES string of the molecule is C[C@@H](c1nc(C2CC2)nn1-c1ccc2c(c1)OCO2)n1cnnn1. The summed E-state index contributed by atoms with van der Waals surface area (Å²) in [4.78, 5) is 4.76. The molecule has 9 heteroatoms. The molecular weight excluding hydrogens is 310 g/mol. The maximum absolute atomic E-state index is 5.48. The summed E-state index contributed by atoms with van der Waals surface area (Å²) >= 11 is 0. The Morgan fingerprint density at radius 3 is 2.88 bits per heavy atom. The highest BCUT2D eigenvalue weighted by atomic mass is 16.7. The first-order valence-corrected chi connectivity index (χ1v) is 7.89. The average Bonchev–Trinajstić information content (AvgIpc) is 3.06. The second-order valence-corrected chi connectivity index (χ2v) is 6.02. The van der Waals surface area contributed by atoms with Gasteiger partial charge in [0.25, 0.3) is 0 Å². The summed E-state index contributed by atoms with van der Waals surface area (Å²) in [7, 11) is 0. The topological polar surface area (TPSA) is 92.8 Å². The molecule has 0 bridgehead atoms. The Morgan fingerprint density at radius 2 is 2.08 bits per heavy atom. The molecule has 0 amide bonds. The van der Waals surface area contributed by atoms with E-state index < -0.39 is 0 Å². The van der Waals surface area contributed by atoms with Gasteiger partial charge in [0.15, 0.2) is 23.1 Å². The van der Waals surface area contributed by atoms with Crippen molar-refractivity contribution in [1.29, 1.82) is 0 Å². The van der Waals surface area contributed by atoms with E-state index in [1.807, 2.05) is 29.8 Å². The molecule has 0 unspecified atom stereocenters. The van der Waals surface area contributed by atoms with E-state index in [0.29, 0.717) is 5.92 Å². The van der Waals surface area contributed by atoms with Crippen LogP contribution in [0.2, 0.25) is 0 Å². The van der Waals surface area contributed by atoms with Gasteiger partial charge in [0.2, 0.25) is 6.79 Å². The van der Waals surface area contributed by atoms with Crippen molar-refractivity contribution in [2.24, 2.45) is 0 Å². The standard InChI is InChI=1S/C15H15N7O2/c1-9(21-7-16-19-20-21)15-17-14(10-2-3-10)18-22(15)11-4-5-12-13(6-11)24-8-23-12/h4-7,9-10H,2-3,8H2,1H3/t9-/m0/s1. The van der Waals surface area contributed by atoms with E-state index in [4.69, 9.17) is 19.6 Å². The van der Waals surface area contributed by atoms with Crippen molar-refractivity contribution >= 4 is 0 Å². The molecule has 9 nitrogen and oxygen atoms in total. The molecule has 24 heavy (non-hydrogen) atoms. The van der Waals surface area contributed by atoms with E-state index >= 15 is 0 Å². The Labute approximate surface area is 137 Å². The molecule has 0 saturated heterocycles. The minimum atomic E-state index is -0.134. The molecule has 2 aliphatic rings. The van der Waals surface area contributed by atoms with Crippen LogP contribution in [-0.2, 0) is 0 Å². The monoisotopic (exact) mass is 325 g/mol. The normalized spacial score (nSPS) is 17.2. The molecule has 5 rings (SSSR count). The number of hydrogen-bond donors (Lipinski definition) is 0. The van der Waals surface area contributed by atoms with Crippen LogP contribution in [0, 0.1) is 0 Å². The third-order valence-corrected chi connectivity index (χ3v) is 4.33. The number of tetrazole rings is 1. The van der Waals surface area contributed by atoms with E-state index in [0.717, 1.165) is 41.7 Å². The highest BCUT2D eigenvalue weighted by Crippen LogP contribution is 2.39. The molecule has 0 N–H and O–H groups in total. The molecule has 2 aromatic heterocycles. The summed E-state index contributed by atoms with van der Waals surface area (Å²) in [5.74, 6) is 3.60. The fourth-order valence-corrected chi connectivity index (χ4v) is 2.80. The van der Waals surface area contributed by atoms with Crippen LogP contribution in [0.5, 0.6) is 11.5 Å². The van der Waals surface area contributed by atoms with E-state index in [-0.39, 0.29) is 12.8 Å². The Balaban J connectivity index is 1.61. The van der Waals surface area contributed by atoms with E-state index in [2.05, 4.69) is 15.5 Å². The molecule has 0 radical (unpaired) electrons. The van der Waals surface area contributed by atoms with Gasteiger partial charge in [-0.05, 0) is 42.3 Å². The Morgan fingerprint density at radius 1 is 1.21 bits per heavy atom. The van der Waals surface area contributed by atoms with Crippen molar-refractivity contribution < 1.29 is 9.47 Å². The van der Waals surface area contributed by atoms with Gasteiger partial charge in [0, 0.05) is 12.0 Å². The minimum Gasteiger partial charge on any atom is -0.454 e. The van der Waals surface area contributed by atoms with Gasteiger partial charge in [-0.25, -0.2) is 14.3 Å². The van der Waals surface area contributed by atoms with Crippen molar-refractivity contribution in [2.45, 2.75) is 31.7 Å². The van der Waals surface area contributed by atoms with Crippen molar-refractivity contribution in [3.05, 3.63) is 36.2 Å². The Kier molecular flexibility index (Phi) is 2.81. The zero-order valence-electron chi connectivity index (χ0n) is 13.0. The van der Waals surface area contributed by atoms with Gasteiger partial charge in [-0.1, -0.05) is 0 Å². The summed E-state index contributed by atoms with van der Waals surface area (Å²) in [5.41, 5.74) is 0.883. The van der Waals surface area contributed by atoms with Crippen molar-refractivity contribution in [3.63, 3.8) is 0 Å². The van der Waals surface area contributed by atoms with Crippen LogP contribution in [0.25, 0.3) is 5.69 Å². The fourth-order valence-electron chi connectivity index (χ4n) is 2.80. The highest BCUT2D eigenvalue weighted by molar-refractivity contribution is 5.50. The van der Waals surface area contributed by atoms with Crippen molar-refractivity contribution in [1.82, 2.24) is 35.0 Å².